The van der Waals surface area contributed by atoms with Crippen LogP contribution >= 0.6 is 0 Å². The molecule has 32 heavy (non-hydrogen) atoms. The van der Waals surface area contributed by atoms with Crippen LogP contribution in [0.3, 0.4) is 0 Å². The van der Waals surface area contributed by atoms with Crippen LogP contribution in [0.4, 0.5) is 0 Å². The molecule has 174 valence electrons. The third-order valence-electron chi connectivity index (χ3n) is 7.20. The number of fused-ring (bicyclic) bond motifs is 1. The molecule has 0 aromatic carbocycles. The minimum Gasteiger partial charge on any atom is -0.506 e. The zero-order valence-corrected chi connectivity index (χ0v) is 19.2. The molecule has 0 radical (unpaired) electrons. The highest BCUT2D eigenvalue weighted by molar-refractivity contribution is 6.01. The van der Waals surface area contributed by atoms with Gasteiger partial charge in [0.15, 0.2) is 0 Å². The molecule has 4 rings (SSSR count). The summed E-state index contributed by atoms with van der Waals surface area (Å²) in [4.78, 5) is 33.2. The van der Waals surface area contributed by atoms with Crippen molar-refractivity contribution in [3.63, 3.8) is 0 Å². The zero-order chi connectivity index (χ0) is 22.8. The number of aromatic nitrogens is 2. The fourth-order valence-corrected chi connectivity index (χ4v) is 4.88. The smallest absolute Gasteiger partial charge is 0.268 e. The Morgan fingerprint density at radius 1 is 1.22 bits per heavy atom. The summed E-state index contributed by atoms with van der Waals surface area (Å²) in [5.41, 5.74) is -0.288. The Hall–Kier alpha value is -2.45. The summed E-state index contributed by atoms with van der Waals surface area (Å²) in [6.07, 6.45) is 5.61. The van der Waals surface area contributed by atoms with Gasteiger partial charge in [0.1, 0.15) is 17.0 Å². The molecule has 0 unspecified atom stereocenters. The van der Waals surface area contributed by atoms with E-state index < -0.39 is 11.5 Å². The number of amides is 1. The fraction of sp³-hybridized carbons (Fsp3) is 0.625. The Kier molecular flexibility index (Phi) is 6.81. The van der Waals surface area contributed by atoms with E-state index in [1.54, 1.807) is 18.3 Å². The molecule has 2 atom stereocenters. The highest BCUT2D eigenvalue weighted by atomic mass is 16.5. The lowest BCUT2D eigenvalue weighted by Crippen LogP contribution is -2.50. The summed E-state index contributed by atoms with van der Waals surface area (Å²) in [7, 11) is 0. The van der Waals surface area contributed by atoms with Crippen LogP contribution in [0.1, 0.15) is 56.8 Å². The second-order valence-corrected chi connectivity index (χ2v) is 9.34. The van der Waals surface area contributed by atoms with E-state index in [2.05, 4.69) is 36.0 Å². The Morgan fingerprint density at radius 2 is 1.97 bits per heavy atom. The number of rotatable bonds is 5. The van der Waals surface area contributed by atoms with Crippen LogP contribution in [0.2, 0.25) is 0 Å². The van der Waals surface area contributed by atoms with Crippen molar-refractivity contribution < 1.29 is 14.6 Å². The quantitative estimate of drug-likeness (QED) is 0.739. The van der Waals surface area contributed by atoms with Crippen LogP contribution < -0.4 is 10.9 Å². The van der Waals surface area contributed by atoms with Gasteiger partial charge < -0.3 is 15.2 Å². The lowest BCUT2D eigenvalue weighted by molar-refractivity contribution is -0.0559. The first-order valence-electron chi connectivity index (χ1n) is 11.7. The summed E-state index contributed by atoms with van der Waals surface area (Å²) in [5, 5.41) is 14.3. The van der Waals surface area contributed by atoms with Crippen LogP contribution in [0.5, 0.6) is 5.75 Å². The number of nitrogens with one attached hydrogen (secondary N) is 1. The average Bonchev–Trinajstić information content (AvgIpc) is 2.78. The Morgan fingerprint density at radius 3 is 2.72 bits per heavy atom. The molecule has 2 aliphatic rings. The minimum absolute atomic E-state index is 0.0335. The van der Waals surface area contributed by atoms with Crippen molar-refractivity contribution in [2.75, 3.05) is 19.7 Å². The van der Waals surface area contributed by atoms with E-state index in [0.29, 0.717) is 36.6 Å². The first-order chi connectivity index (χ1) is 15.4. The monoisotopic (exact) mass is 442 g/mol. The van der Waals surface area contributed by atoms with Crippen molar-refractivity contribution in [3.8, 4) is 5.75 Å². The number of hydrogen-bond donors (Lipinski definition) is 2. The highest BCUT2D eigenvalue weighted by Crippen LogP contribution is 2.27. The third kappa shape index (κ3) is 4.52. The van der Waals surface area contributed by atoms with Crippen LogP contribution in [0.25, 0.3) is 11.0 Å². The minimum atomic E-state index is -0.500. The molecule has 8 nitrogen and oxygen atoms in total. The van der Waals surface area contributed by atoms with Crippen LogP contribution in [-0.2, 0) is 11.3 Å². The van der Waals surface area contributed by atoms with Gasteiger partial charge in [-0.1, -0.05) is 6.92 Å². The van der Waals surface area contributed by atoms with Crippen molar-refractivity contribution in [1.82, 2.24) is 19.8 Å². The number of ether oxygens (including phenoxy) is 1. The summed E-state index contributed by atoms with van der Waals surface area (Å²) >= 11 is 0. The van der Waals surface area contributed by atoms with Gasteiger partial charge in [0.25, 0.3) is 11.5 Å². The maximum absolute atomic E-state index is 13.4. The Labute approximate surface area is 188 Å². The molecule has 8 heteroatoms. The van der Waals surface area contributed by atoms with E-state index in [4.69, 9.17) is 4.74 Å². The van der Waals surface area contributed by atoms with Crippen LogP contribution in [0, 0.1) is 5.92 Å². The molecule has 1 aliphatic heterocycles. The standard InChI is InChI=1S/C24H34N4O4/c1-15-6-8-18(9-7-15)26-23(30)20-21(29)19-5-4-10-25-22(19)28(24(20)31)12-11-27-13-14-32-17(3)16(27)2/h4-5,10,15-18,29H,6-9,11-14H2,1-3H3,(H,26,30)/t15-,16-,17+,18+/m1/s1. The van der Waals surface area contributed by atoms with Crippen molar-refractivity contribution >= 4 is 16.9 Å². The molecule has 2 fully saturated rings. The first-order valence-corrected chi connectivity index (χ1v) is 11.7. The van der Waals surface area contributed by atoms with Crippen molar-refractivity contribution in [1.29, 1.82) is 0 Å². The number of aromatic hydroxyl groups is 1. The van der Waals surface area contributed by atoms with Gasteiger partial charge >= 0.3 is 0 Å². The third-order valence-corrected chi connectivity index (χ3v) is 7.20. The second-order valence-electron chi connectivity index (χ2n) is 9.34. The van der Waals surface area contributed by atoms with Gasteiger partial charge in [-0.25, -0.2) is 4.98 Å². The molecule has 0 spiro atoms. The van der Waals surface area contributed by atoms with E-state index >= 15 is 0 Å². The van der Waals surface area contributed by atoms with Crippen molar-refractivity contribution in [3.05, 3.63) is 34.2 Å². The van der Waals surface area contributed by atoms with Crippen molar-refractivity contribution in [2.45, 2.75) is 71.2 Å². The summed E-state index contributed by atoms with van der Waals surface area (Å²) in [6, 6.07) is 3.66. The van der Waals surface area contributed by atoms with Crippen LogP contribution in [0.15, 0.2) is 23.1 Å². The second kappa shape index (κ2) is 9.58. The van der Waals surface area contributed by atoms with Gasteiger partial charge in [-0.05, 0) is 57.6 Å². The fourth-order valence-electron chi connectivity index (χ4n) is 4.88. The van der Waals surface area contributed by atoms with Gasteiger partial charge in [-0.3, -0.25) is 19.1 Å². The van der Waals surface area contributed by atoms with E-state index in [1.807, 2.05) is 0 Å². The van der Waals surface area contributed by atoms with E-state index in [9.17, 15) is 14.7 Å². The lowest BCUT2D eigenvalue weighted by Gasteiger charge is -2.37. The van der Waals surface area contributed by atoms with Gasteiger partial charge in [0, 0.05) is 37.9 Å². The number of carbonyl (C=O) groups excluding carboxylic acids is 1. The molecule has 2 aromatic heterocycles. The van der Waals surface area contributed by atoms with Gasteiger partial charge in [-0.2, -0.15) is 0 Å². The molecule has 1 saturated carbocycles. The SMILES string of the molecule is C[C@@H]1OCCN(CCn2c(=O)c(C(=O)N[C@H]3CC[C@@H](C)CC3)c(O)c3cccnc32)[C@@H]1C. The maximum Gasteiger partial charge on any atom is 0.268 e. The molecule has 2 aromatic rings. The van der Waals surface area contributed by atoms with Gasteiger partial charge in [0.05, 0.1) is 18.1 Å². The highest BCUT2D eigenvalue weighted by Gasteiger charge is 2.28. The first kappa shape index (κ1) is 22.7. The number of pyridine rings is 2. The molecule has 1 amide bonds. The van der Waals surface area contributed by atoms with E-state index in [0.717, 1.165) is 32.2 Å². The molecular formula is C24H34N4O4. The molecule has 2 N–H and O–H groups in total. The summed E-state index contributed by atoms with van der Waals surface area (Å²) in [6.45, 7) is 8.84. The van der Waals surface area contributed by atoms with Gasteiger partial charge in [0.2, 0.25) is 0 Å². The number of hydrogen-bond acceptors (Lipinski definition) is 6. The maximum atomic E-state index is 13.4. The molecule has 1 aliphatic carbocycles. The molecule has 0 bridgehead atoms. The largest absolute Gasteiger partial charge is 0.506 e. The van der Waals surface area contributed by atoms with Crippen molar-refractivity contribution in [2.24, 2.45) is 5.92 Å². The molecule has 1 saturated heterocycles. The van der Waals surface area contributed by atoms with Gasteiger partial charge in [-0.15, -0.1) is 0 Å². The molecular weight excluding hydrogens is 408 g/mol. The number of morpholine rings is 1. The number of carbonyl (C=O) groups is 1. The Bertz CT molecular complexity index is 1030. The average molecular weight is 443 g/mol. The predicted octanol–water partition coefficient (Wildman–Crippen LogP) is 2.52. The predicted molar refractivity (Wildman–Crippen MR) is 123 cm³/mol. The van der Waals surface area contributed by atoms with E-state index in [1.165, 1.54) is 4.57 Å². The number of nitrogens with zero attached hydrogens (tertiary/aromatic N) is 3. The summed E-state index contributed by atoms with van der Waals surface area (Å²) < 4.78 is 7.23. The normalized spacial score (nSPS) is 26.8. The summed E-state index contributed by atoms with van der Waals surface area (Å²) in [5.74, 6) is -0.130. The Balaban J connectivity index is 1.63. The zero-order valence-electron chi connectivity index (χ0n) is 19.2. The topological polar surface area (TPSA) is 96.7 Å². The molecule has 3 heterocycles. The lowest BCUT2D eigenvalue weighted by atomic mass is 9.87. The van der Waals surface area contributed by atoms with Crippen LogP contribution in [-0.4, -0.2) is 63.3 Å². The van der Waals surface area contributed by atoms with E-state index in [-0.39, 0.29) is 29.5 Å².